The lowest BCUT2D eigenvalue weighted by atomic mass is 9.75. The van der Waals surface area contributed by atoms with Crippen LogP contribution in [0.3, 0.4) is 0 Å². The van der Waals surface area contributed by atoms with Crippen molar-refractivity contribution in [3.8, 4) is 0 Å². The number of ether oxygens (including phenoxy) is 2. The van der Waals surface area contributed by atoms with Crippen molar-refractivity contribution < 1.29 is 19.1 Å². The Kier molecular flexibility index (Phi) is 9.97. The highest BCUT2D eigenvalue weighted by Crippen LogP contribution is 2.35. The van der Waals surface area contributed by atoms with E-state index in [1.54, 1.807) is 0 Å². The minimum absolute atomic E-state index is 0.00134. The molecule has 1 unspecified atom stereocenters. The molecule has 1 atom stereocenters. The smallest absolute Gasteiger partial charge is 0.320 e. The largest absolute Gasteiger partial charge is 0.465 e. The maximum atomic E-state index is 12.5. The van der Waals surface area contributed by atoms with Crippen molar-refractivity contribution in [3.63, 3.8) is 0 Å². The van der Waals surface area contributed by atoms with Crippen LogP contribution in [0.15, 0.2) is 0 Å². The van der Waals surface area contributed by atoms with Gasteiger partial charge in [0.05, 0.1) is 13.2 Å². The van der Waals surface area contributed by atoms with Crippen LogP contribution in [-0.4, -0.2) is 25.2 Å². The lowest BCUT2D eigenvalue weighted by Crippen LogP contribution is -2.37. The molecule has 1 aliphatic rings. The second kappa shape index (κ2) is 11.5. The van der Waals surface area contributed by atoms with E-state index in [0.717, 1.165) is 38.5 Å². The Morgan fingerprint density at radius 3 is 1.83 bits per heavy atom. The van der Waals surface area contributed by atoms with Crippen LogP contribution in [-0.2, 0) is 19.1 Å². The first-order valence-corrected chi connectivity index (χ1v) is 9.45. The molecule has 1 saturated carbocycles. The highest BCUT2D eigenvalue weighted by Gasteiger charge is 2.39. The van der Waals surface area contributed by atoms with E-state index in [0.29, 0.717) is 19.1 Å². The van der Waals surface area contributed by atoms with E-state index >= 15 is 0 Å². The Morgan fingerprint density at radius 2 is 1.39 bits per heavy atom. The summed E-state index contributed by atoms with van der Waals surface area (Å²) in [5.74, 6) is -1.12. The predicted molar refractivity (Wildman–Crippen MR) is 91.0 cm³/mol. The van der Waals surface area contributed by atoms with E-state index in [1.165, 1.54) is 19.3 Å². The van der Waals surface area contributed by atoms with Crippen molar-refractivity contribution in [2.75, 3.05) is 13.2 Å². The van der Waals surface area contributed by atoms with E-state index in [2.05, 4.69) is 13.8 Å². The quantitative estimate of drug-likeness (QED) is 0.337. The number of carbonyl (C=O) groups excluding carboxylic acids is 2. The zero-order chi connectivity index (χ0) is 17.1. The van der Waals surface area contributed by atoms with E-state index in [4.69, 9.17) is 9.47 Å². The van der Waals surface area contributed by atoms with Crippen LogP contribution >= 0.6 is 0 Å². The molecule has 23 heavy (non-hydrogen) atoms. The summed E-state index contributed by atoms with van der Waals surface area (Å²) < 4.78 is 10.7. The zero-order valence-electron chi connectivity index (χ0n) is 15.1. The van der Waals surface area contributed by atoms with Gasteiger partial charge < -0.3 is 9.47 Å². The summed E-state index contributed by atoms with van der Waals surface area (Å²) in [6, 6.07) is 0. The molecule has 0 spiro atoms. The van der Waals surface area contributed by atoms with E-state index in [9.17, 15) is 9.59 Å². The molecule has 0 N–H and O–H groups in total. The van der Waals surface area contributed by atoms with Crippen molar-refractivity contribution in [1.29, 1.82) is 0 Å². The second-order valence-electron chi connectivity index (χ2n) is 6.78. The van der Waals surface area contributed by atoms with Crippen molar-refractivity contribution in [2.24, 2.45) is 17.8 Å². The molecule has 0 saturated heterocycles. The summed E-state index contributed by atoms with van der Waals surface area (Å²) >= 11 is 0. The summed E-state index contributed by atoms with van der Waals surface area (Å²) in [7, 11) is 0. The molecule has 0 aromatic rings. The molecule has 0 heterocycles. The highest BCUT2D eigenvalue weighted by molar-refractivity contribution is 5.95. The molecule has 0 aliphatic heterocycles. The van der Waals surface area contributed by atoms with Crippen molar-refractivity contribution in [1.82, 2.24) is 0 Å². The monoisotopic (exact) mass is 326 g/mol. The molecule has 4 heteroatoms. The standard InChI is InChI=1S/C19H34O4/c1-4-6-13-22-18(20)17(19(21)23-14-7-5-2)15(3)16-11-9-8-10-12-16/h15-17H,4-14H2,1-3H3. The third-order valence-corrected chi connectivity index (χ3v) is 4.91. The minimum Gasteiger partial charge on any atom is -0.465 e. The third-order valence-electron chi connectivity index (χ3n) is 4.91. The average Bonchev–Trinajstić information content (AvgIpc) is 2.56. The summed E-state index contributed by atoms with van der Waals surface area (Å²) in [4.78, 5) is 24.9. The molecular formula is C19H34O4. The van der Waals surface area contributed by atoms with Crippen LogP contribution in [0.4, 0.5) is 0 Å². The van der Waals surface area contributed by atoms with Gasteiger partial charge in [0.2, 0.25) is 0 Å². The first-order chi connectivity index (χ1) is 11.1. The van der Waals surface area contributed by atoms with Gasteiger partial charge in [-0.15, -0.1) is 0 Å². The molecule has 4 nitrogen and oxygen atoms in total. The van der Waals surface area contributed by atoms with Crippen LogP contribution in [0.5, 0.6) is 0 Å². The van der Waals surface area contributed by atoms with Crippen molar-refractivity contribution in [3.05, 3.63) is 0 Å². The molecule has 1 fully saturated rings. The Bertz CT molecular complexity index is 325. The fourth-order valence-electron chi connectivity index (χ4n) is 3.27. The lowest BCUT2D eigenvalue weighted by molar-refractivity contribution is -0.166. The Morgan fingerprint density at radius 1 is 0.913 bits per heavy atom. The normalized spacial score (nSPS) is 17.0. The minimum atomic E-state index is -0.758. The van der Waals surface area contributed by atoms with Gasteiger partial charge in [0.25, 0.3) is 0 Å². The first-order valence-electron chi connectivity index (χ1n) is 9.45. The fraction of sp³-hybridized carbons (Fsp3) is 0.895. The third kappa shape index (κ3) is 6.92. The lowest BCUT2D eigenvalue weighted by Gasteiger charge is -2.31. The van der Waals surface area contributed by atoms with Crippen molar-refractivity contribution >= 4 is 11.9 Å². The van der Waals surface area contributed by atoms with Gasteiger partial charge in [0.1, 0.15) is 0 Å². The summed E-state index contributed by atoms with van der Waals surface area (Å²) in [6.07, 6.45) is 9.45. The van der Waals surface area contributed by atoms with Crippen LogP contribution in [0.25, 0.3) is 0 Å². The van der Waals surface area contributed by atoms with Gasteiger partial charge in [0.15, 0.2) is 5.92 Å². The van der Waals surface area contributed by atoms with E-state index in [-0.39, 0.29) is 5.92 Å². The van der Waals surface area contributed by atoms with E-state index in [1.807, 2.05) is 6.92 Å². The van der Waals surface area contributed by atoms with Gasteiger partial charge in [-0.25, -0.2) is 0 Å². The Balaban J connectivity index is 2.68. The highest BCUT2D eigenvalue weighted by atomic mass is 16.6. The number of unbranched alkanes of at least 4 members (excludes halogenated alkanes) is 2. The molecule has 0 aromatic carbocycles. The predicted octanol–water partition coefficient (Wildman–Crippen LogP) is 4.51. The van der Waals surface area contributed by atoms with Crippen molar-refractivity contribution in [2.45, 2.75) is 78.6 Å². The number of rotatable bonds is 10. The fourth-order valence-corrected chi connectivity index (χ4v) is 3.27. The SMILES string of the molecule is CCCCOC(=O)C(C(=O)OCCCC)C(C)C1CCCCC1. The Hall–Kier alpha value is -1.06. The maximum Gasteiger partial charge on any atom is 0.320 e. The van der Waals surface area contributed by atoms with Crippen LogP contribution in [0, 0.1) is 17.8 Å². The summed E-state index contributed by atoms with van der Waals surface area (Å²) in [6.45, 7) is 6.91. The van der Waals surface area contributed by atoms with Gasteiger partial charge in [-0.3, -0.25) is 9.59 Å². The molecular weight excluding hydrogens is 292 g/mol. The zero-order valence-corrected chi connectivity index (χ0v) is 15.1. The van der Waals surface area contributed by atoms with Gasteiger partial charge in [-0.05, 0) is 24.7 Å². The van der Waals surface area contributed by atoms with Gasteiger partial charge >= 0.3 is 11.9 Å². The molecule has 1 rings (SSSR count). The van der Waals surface area contributed by atoms with Crippen LogP contribution in [0.2, 0.25) is 0 Å². The van der Waals surface area contributed by atoms with Crippen LogP contribution < -0.4 is 0 Å². The number of carbonyl (C=O) groups is 2. The molecule has 0 amide bonds. The van der Waals surface area contributed by atoms with E-state index < -0.39 is 17.9 Å². The molecule has 0 aromatic heterocycles. The first kappa shape index (κ1) is 20.0. The van der Waals surface area contributed by atoms with Gasteiger partial charge in [0, 0.05) is 0 Å². The number of esters is 2. The molecule has 1 aliphatic carbocycles. The summed E-state index contributed by atoms with van der Waals surface area (Å²) in [5, 5.41) is 0. The average molecular weight is 326 g/mol. The molecule has 0 bridgehead atoms. The summed E-state index contributed by atoms with van der Waals surface area (Å²) in [5.41, 5.74) is 0. The molecule has 0 radical (unpaired) electrons. The van der Waals surface area contributed by atoms with Crippen LogP contribution in [0.1, 0.15) is 78.6 Å². The maximum absolute atomic E-state index is 12.5. The molecule has 134 valence electrons. The number of hydrogen-bond donors (Lipinski definition) is 0. The topological polar surface area (TPSA) is 52.6 Å². The Labute approximate surface area is 141 Å². The van der Waals surface area contributed by atoms with Gasteiger partial charge in [-0.1, -0.05) is 65.7 Å². The van der Waals surface area contributed by atoms with Gasteiger partial charge in [-0.2, -0.15) is 0 Å². The number of hydrogen-bond acceptors (Lipinski definition) is 4. The second-order valence-corrected chi connectivity index (χ2v) is 6.78.